The zero-order valence-corrected chi connectivity index (χ0v) is 22.0. The van der Waals surface area contributed by atoms with Crippen LogP contribution in [0.15, 0.2) is 24.3 Å². The minimum atomic E-state index is -1.12. The second kappa shape index (κ2) is 12.0. The molecular weight excluding hydrogens is 444 g/mol. The third-order valence-electron chi connectivity index (χ3n) is 7.51. The summed E-state index contributed by atoms with van der Waals surface area (Å²) in [5.74, 6) is 0.420. The van der Waals surface area contributed by atoms with Crippen LogP contribution in [0.5, 0.6) is 5.75 Å². The molecule has 7 heteroatoms. The van der Waals surface area contributed by atoms with E-state index in [1.807, 2.05) is 29.2 Å². The minimum Gasteiger partial charge on any atom is -0.493 e. The van der Waals surface area contributed by atoms with Gasteiger partial charge < -0.3 is 30.3 Å². The average molecular weight is 491 g/mol. The molecule has 1 aliphatic carbocycles. The zero-order valence-electron chi connectivity index (χ0n) is 22.0. The number of rotatable bonds is 10. The number of para-hydroxylation sites is 1. The molecule has 2 fully saturated rings. The standard InChI is InChI=1S/C28H46N2O5/c1-27(2,3)19-35-25-12-6-5-11-22(25)28(33,13-7-8-15-34-4)21-10-9-14-30(18-21)26(32)20-16-23(29)24(31)17-20/h5-6,11-12,20-21,23-24,31,33H,7-10,13-19,29H2,1-4H3/t20-,21+,23+,24-,28-/m0/s1. The first kappa shape index (κ1) is 27.9. The fourth-order valence-corrected chi connectivity index (χ4v) is 5.52. The summed E-state index contributed by atoms with van der Waals surface area (Å²) in [5.41, 5.74) is 5.66. The molecule has 4 N–H and O–H groups in total. The van der Waals surface area contributed by atoms with Crippen LogP contribution in [0.25, 0.3) is 0 Å². The fourth-order valence-electron chi connectivity index (χ4n) is 5.52. The predicted molar refractivity (Wildman–Crippen MR) is 137 cm³/mol. The molecule has 1 aromatic carbocycles. The zero-order chi connectivity index (χ0) is 25.6. The summed E-state index contributed by atoms with van der Waals surface area (Å²) < 4.78 is 11.5. The van der Waals surface area contributed by atoms with Gasteiger partial charge >= 0.3 is 0 Å². The number of hydrogen-bond acceptors (Lipinski definition) is 6. The lowest BCUT2D eigenvalue weighted by molar-refractivity contribution is -0.141. The van der Waals surface area contributed by atoms with E-state index >= 15 is 0 Å². The Hall–Kier alpha value is -1.67. The Kier molecular flexibility index (Phi) is 9.60. The molecule has 0 radical (unpaired) electrons. The van der Waals surface area contributed by atoms with Crippen LogP contribution in [0.3, 0.4) is 0 Å². The number of methoxy groups -OCH3 is 1. The van der Waals surface area contributed by atoms with Crippen LogP contribution in [0.1, 0.15) is 71.3 Å². The van der Waals surface area contributed by atoms with Gasteiger partial charge in [-0.25, -0.2) is 0 Å². The molecule has 3 rings (SSSR count). The fraction of sp³-hybridized carbons (Fsp3) is 0.750. The summed E-state index contributed by atoms with van der Waals surface area (Å²) >= 11 is 0. The molecule has 1 saturated heterocycles. The van der Waals surface area contributed by atoms with Crippen molar-refractivity contribution in [3.8, 4) is 5.75 Å². The number of nitrogens with zero attached hydrogens (tertiary/aromatic N) is 1. The van der Waals surface area contributed by atoms with Crippen LogP contribution in [0, 0.1) is 17.3 Å². The van der Waals surface area contributed by atoms with Crippen molar-refractivity contribution in [1.29, 1.82) is 0 Å². The Morgan fingerprint density at radius 2 is 1.94 bits per heavy atom. The van der Waals surface area contributed by atoms with Crippen molar-refractivity contribution in [2.75, 3.05) is 33.4 Å². The maximum Gasteiger partial charge on any atom is 0.225 e. The van der Waals surface area contributed by atoms with E-state index in [0.717, 1.165) is 31.2 Å². The molecule has 1 heterocycles. The van der Waals surface area contributed by atoms with E-state index in [1.165, 1.54) is 0 Å². The number of hydrogen-bond donors (Lipinski definition) is 3. The maximum atomic E-state index is 13.3. The number of aliphatic hydroxyl groups excluding tert-OH is 1. The molecule has 1 aliphatic heterocycles. The van der Waals surface area contributed by atoms with E-state index in [4.69, 9.17) is 15.2 Å². The van der Waals surface area contributed by atoms with Gasteiger partial charge in [0.1, 0.15) is 5.75 Å². The van der Waals surface area contributed by atoms with Gasteiger partial charge in [-0.15, -0.1) is 0 Å². The second-order valence-corrected chi connectivity index (χ2v) is 11.7. The van der Waals surface area contributed by atoms with Crippen LogP contribution in [-0.4, -0.2) is 66.6 Å². The maximum absolute atomic E-state index is 13.3. The molecule has 0 bridgehead atoms. The number of aliphatic hydroxyl groups is 2. The summed E-state index contributed by atoms with van der Waals surface area (Å²) in [6.45, 7) is 8.75. The molecule has 0 unspecified atom stereocenters. The predicted octanol–water partition coefficient (Wildman–Crippen LogP) is 3.45. The summed E-state index contributed by atoms with van der Waals surface area (Å²) in [4.78, 5) is 15.2. The number of amides is 1. The topological polar surface area (TPSA) is 105 Å². The van der Waals surface area contributed by atoms with Gasteiger partial charge in [0, 0.05) is 50.2 Å². The lowest BCUT2D eigenvalue weighted by atomic mass is 9.73. The van der Waals surface area contributed by atoms with Crippen LogP contribution in [0.4, 0.5) is 0 Å². The normalized spacial score (nSPS) is 27.0. The monoisotopic (exact) mass is 490 g/mol. The number of carbonyl (C=O) groups excluding carboxylic acids is 1. The van der Waals surface area contributed by atoms with Crippen molar-refractivity contribution in [2.45, 2.75) is 83.5 Å². The first-order valence-electron chi connectivity index (χ1n) is 13.2. The van der Waals surface area contributed by atoms with Gasteiger partial charge in [0.15, 0.2) is 0 Å². The number of unbranched alkanes of at least 4 members (excludes halogenated alkanes) is 1. The molecule has 0 aromatic heterocycles. The lowest BCUT2D eigenvalue weighted by Crippen LogP contribution is -2.49. The van der Waals surface area contributed by atoms with Crippen LogP contribution >= 0.6 is 0 Å². The van der Waals surface area contributed by atoms with Gasteiger partial charge in [-0.3, -0.25) is 4.79 Å². The summed E-state index contributed by atoms with van der Waals surface area (Å²) in [5, 5.41) is 22.4. The largest absolute Gasteiger partial charge is 0.493 e. The van der Waals surface area contributed by atoms with E-state index < -0.39 is 11.7 Å². The van der Waals surface area contributed by atoms with Crippen LogP contribution in [-0.2, 0) is 15.1 Å². The highest BCUT2D eigenvalue weighted by Gasteiger charge is 2.44. The number of likely N-dealkylation sites (tertiary alicyclic amines) is 1. The highest BCUT2D eigenvalue weighted by atomic mass is 16.5. The smallest absolute Gasteiger partial charge is 0.225 e. The average Bonchev–Trinajstić information content (AvgIpc) is 3.17. The van der Waals surface area contributed by atoms with Gasteiger partial charge in [0.2, 0.25) is 5.91 Å². The van der Waals surface area contributed by atoms with E-state index in [2.05, 4.69) is 20.8 Å². The molecule has 1 saturated carbocycles. The number of piperidine rings is 1. The Bertz CT molecular complexity index is 816. The molecule has 0 spiro atoms. The Balaban J connectivity index is 1.84. The Morgan fingerprint density at radius 1 is 1.20 bits per heavy atom. The number of ether oxygens (including phenoxy) is 2. The molecule has 1 aromatic rings. The van der Waals surface area contributed by atoms with Gasteiger partial charge in [0.25, 0.3) is 0 Å². The Labute approximate surface area is 211 Å². The molecular formula is C28H46N2O5. The van der Waals surface area contributed by atoms with Crippen molar-refractivity contribution >= 4 is 5.91 Å². The van der Waals surface area contributed by atoms with Crippen molar-refractivity contribution < 1.29 is 24.5 Å². The van der Waals surface area contributed by atoms with Gasteiger partial charge in [-0.2, -0.15) is 0 Å². The molecule has 2 aliphatic rings. The first-order valence-corrected chi connectivity index (χ1v) is 13.2. The van der Waals surface area contributed by atoms with Crippen LogP contribution < -0.4 is 10.5 Å². The van der Waals surface area contributed by atoms with Crippen molar-refractivity contribution in [3.63, 3.8) is 0 Å². The summed E-state index contributed by atoms with van der Waals surface area (Å²) in [6.07, 6.45) is 4.25. The van der Waals surface area contributed by atoms with Crippen molar-refractivity contribution in [3.05, 3.63) is 29.8 Å². The molecule has 1 amide bonds. The Morgan fingerprint density at radius 3 is 2.60 bits per heavy atom. The molecule has 35 heavy (non-hydrogen) atoms. The lowest BCUT2D eigenvalue weighted by Gasteiger charge is -2.44. The third kappa shape index (κ3) is 7.19. The SMILES string of the molecule is COCCCC[C@@](O)(c1ccccc1OCC(C)(C)C)[C@@H]1CCCN(C(=O)[C@H]2C[C@@H](N)[C@@H](O)C2)C1. The quantitative estimate of drug-likeness (QED) is 0.434. The van der Waals surface area contributed by atoms with Crippen molar-refractivity contribution in [2.24, 2.45) is 23.0 Å². The van der Waals surface area contributed by atoms with E-state index in [0.29, 0.717) is 51.3 Å². The molecule has 198 valence electrons. The van der Waals surface area contributed by atoms with Crippen LogP contribution in [0.2, 0.25) is 0 Å². The van der Waals surface area contributed by atoms with Gasteiger partial charge in [-0.1, -0.05) is 39.0 Å². The summed E-state index contributed by atoms with van der Waals surface area (Å²) in [6, 6.07) is 7.47. The third-order valence-corrected chi connectivity index (χ3v) is 7.51. The van der Waals surface area contributed by atoms with Gasteiger partial charge in [-0.05, 0) is 56.4 Å². The van der Waals surface area contributed by atoms with Crippen molar-refractivity contribution in [1.82, 2.24) is 4.90 Å². The summed E-state index contributed by atoms with van der Waals surface area (Å²) in [7, 11) is 1.69. The molecule has 7 nitrogen and oxygen atoms in total. The first-order chi connectivity index (χ1) is 16.5. The number of nitrogens with two attached hydrogens (primary N) is 1. The van der Waals surface area contributed by atoms with E-state index in [1.54, 1.807) is 7.11 Å². The van der Waals surface area contributed by atoms with E-state index in [9.17, 15) is 15.0 Å². The number of carbonyl (C=O) groups is 1. The second-order valence-electron chi connectivity index (χ2n) is 11.7. The number of benzene rings is 1. The van der Waals surface area contributed by atoms with Gasteiger partial charge in [0.05, 0.1) is 18.3 Å². The molecule has 5 atom stereocenters. The highest BCUT2D eigenvalue weighted by Crippen LogP contribution is 2.44. The highest BCUT2D eigenvalue weighted by molar-refractivity contribution is 5.79. The van der Waals surface area contributed by atoms with E-state index in [-0.39, 0.29) is 29.2 Å². The minimum absolute atomic E-state index is 0.00948.